The Labute approximate surface area is 154 Å². The molecule has 2 aliphatic rings. The minimum Gasteiger partial charge on any atom is -0.352 e. The Morgan fingerprint density at radius 3 is 2.50 bits per heavy atom. The smallest absolute Gasteiger partial charge is 0.234 e. The standard InChI is InChI=1S/C20H27N5O/c26-20(13-24-11-10-17(12-24)16-4-2-1-3-5-16)23-18-6-8-19(9-7-18)25-14-21-22-15-25/h1-5,14-15,17-19H,6-13H2,(H,23,26). The third kappa shape index (κ3) is 4.12. The van der Waals surface area contributed by atoms with Crippen LogP contribution < -0.4 is 5.32 Å². The van der Waals surface area contributed by atoms with E-state index in [9.17, 15) is 4.79 Å². The van der Waals surface area contributed by atoms with Crippen molar-refractivity contribution in [3.8, 4) is 0 Å². The Morgan fingerprint density at radius 1 is 1.04 bits per heavy atom. The molecule has 1 saturated carbocycles. The molecule has 0 spiro atoms. The summed E-state index contributed by atoms with van der Waals surface area (Å²) in [6.45, 7) is 2.51. The summed E-state index contributed by atoms with van der Waals surface area (Å²) in [6.07, 6.45) is 8.93. The SMILES string of the molecule is O=C(CN1CCC(c2ccccc2)C1)NC1CCC(n2cnnc2)CC1. The molecule has 0 radical (unpaired) electrons. The van der Waals surface area contributed by atoms with E-state index in [1.54, 1.807) is 12.7 Å². The van der Waals surface area contributed by atoms with Gasteiger partial charge in [0.2, 0.25) is 5.91 Å². The van der Waals surface area contributed by atoms with Crippen molar-refractivity contribution < 1.29 is 4.79 Å². The highest BCUT2D eigenvalue weighted by Gasteiger charge is 2.27. The molecule has 6 nitrogen and oxygen atoms in total. The number of nitrogens with zero attached hydrogens (tertiary/aromatic N) is 4. The number of likely N-dealkylation sites (tertiary alicyclic amines) is 1. The van der Waals surface area contributed by atoms with Crippen LogP contribution in [0.3, 0.4) is 0 Å². The molecule has 138 valence electrons. The monoisotopic (exact) mass is 353 g/mol. The average Bonchev–Trinajstić information content (AvgIpc) is 3.35. The predicted molar refractivity (Wildman–Crippen MR) is 99.7 cm³/mol. The summed E-state index contributed by atoms with van der Waals surface area (Å²) in [5.74, 6) is 0.731. The van der Waals surface area contributed by atoms with E-state index in [1.165, 1.54) is 5.56 Å². The van der Waals surface area contributed by atoms with Crippen LogP contribution in [-0.2, 0) is 4.79 Å². The highest BCUT2D eigenvalue weighted by molar-refractivity contribution is 5.78. The Bertz CT molecular complexity index is 694. The zero-order valence-electron chi connectivity index (χ0n) is 15.1. The van der Waals surface area contributed by atoms with Gasteiger partial charge >= 0.3 is 0 Å². The zero-order valence-corrected chi connectivity index (χ0v) is 15.1. The van der Waals surface area contributed by atoms with Crippen LogP contribution in [0.1, 0.15) is 49.6 Å². The van der Waals surface area contributed by atoms with Gasteiger partial charge < -0.3 is 9.88 Å². The quantitative estimate of drug-likeness (QED) is 0.896. The van der Waals surface area contributed by atoms with Gasteiger partial charge in [-0.15, -0.1) is 10.2 Å². The van der Waals surface area contributed by atoms with Crippen LogP contribution >= 0.6 is 0 Å². The van der Waals surface area contributed by atoms with E-state index >= 15 is 0 Å². The van der Waals surface area contributed by atoms with E-state index in [0.717, 1.165) is 45.2 Å². The van der Waals surface area contributed by atoms with Crippen molar-refractivity contribution in [2.75, 3.05) is 19.6 Å². The Balaban J connectivity index is 1.20. The van der Waals surface area contributed by atoms with E-state index in [0.29, 0.717) is 24.5 Å². The molecule has 2 fully saturated rings. The van der Waals surface area contributed by atoms with E-state index in [4.69, 9.17) is 0 Å². The first-order valence-electron chi connectivity index (χ1n) is 9.68. The van der Waals surface area contributed by atoms with Gasteiger partial charge in [0.05, 0.1) is 6.54 Å². The molecule has 1 saturated heterocycles. The fourth-order valence-electron chi connectivity index (χ4n) is 4.37. The molecule has 26 heavy (non-hydrogen) atoms. The Morgan fingerprint density at radius 2 is 1.77 bits per heavy atom. The second-order valence-corrected chi connectivity index (χ2v) is 7.61. The molecule has 1 atom stereocenters. The van der Waals surface area contributed by atoms with Crippen LogP contribution in [0.2, 0.25) is 0 Å². The minimum atomic E-state index is 0.173. The average molecular weight is 353 g/mol. The lowest BCUT2D eigenvalue weighted by Gasteiger charge is -2.30. The molecule has 0 bridgehead atoms. The van der Waals surface area contributed by atoms with Crippen LogP contribution in [0.15, 0.2) is 43.0 Å². The second kappa shape index (κ2) is 7.99. The number of hydrogen-bond acceptors (Lipinski definition) is 4. The number of amides is 1. The maximum absolute atomic E-state index is 12.4. The fourth-order valence-corrected chi connectivity index (χ4v) is 4.37. The number of hydrogen-bond donors (Lipinski definition) is 1. The number of carbonyl (C=O) groups excluding carboxylic acids is 1. The van der Waals surface area contributed by atoms with Gasteiger partial charge in [-0.1, -0.05) is 30.3 Å². The molecule has 2 heterocycles. The molecule has 1 N–H and O–H groups in total. The summed E-state index contributed by atoms with van der Waals surface area (Å²) in [7, 11) is 0. The lowest BCUT2D eigenvalue weighted by atomic mass is 9.91. The van der Waals surface area contributed by atoms with Crippen LogP contribution in [-0.4, -0.2) is 51.2 Å². The van der Waals surface area contributed by atoms with Crippen LogP contribution in [0, 0.1) is 0 Å². The third-order valence-electron chi connectivity index (χ3n) is 5.83. The molecule has 4 rings (SSSR count). The van der Waals surface area contributed by atoms with E-state index in [-0.39, 0.29) is 5.91 Å². The topological polar surface area (TPSA) is 63.1 Å². The Kier molecular flexibility index (Phi) is 5.29. The van der Waals surface area contributed by atoms with Crippen LogP contribution in [0.25, 0.3) is 0 Å². The molecule has 6 heteroatoms. The minimum absolute atomic E-state index is 0.173. The highest BCUT2D eigenvalue weighted by atomic mass is 16.2. The summed E-state index contributed by atoms with van der Waals surface area (Å²) in [6, 6.07) is 11.4. The number of carbonyl (C=O) groups is 1. The van der Waals surface area contributed by atoms with Crippen molar-refractivity contribution in [1.82, 2.24) is 25.0 Å². The van der Waals surface area contributed by atoms with Crippen molar-refractivity contribution in [3.63, 3.8) is 0 Å². The summed E-state index contributed by atoms with van der Waals surface area (Å²) >= 11 is 0. The molecule has 1 aliphatic carbocycles. The van der Waals surface area contributed by atoms with Crippen molar-refractivity contribution in [1.29, 1.82) is 0 Å². The maximum Gasteiger partial charge on any atom is 0.234 e. The van der Waals surface area contributed by atoms with Crippen molar-refractivity contribution in [2.45, 2.75) is 50.1 Å². The largest absolute Gasteiger partial charge is 0.352 e. The summed E-state index contributed by atoms with van der Waals surface area (Å²) in [4.78, 5) is 14.7. The molecule has 2 aromatic rings. The predicted octanol–water partition coefficient (Wildman–Crippen LogP) is 2.37. The normalized spacial score (nSPS) is 26.7. The van der Waals surface area contributed by atoms with E-state index in [2.05, 4.69) is 55.3 Å². The number of nitrogens with one attached hydrogen (secondary N) is 1. The molecule has 1 aromatic carbocycles. The van der Waals surface area contributed by atoms with Gasteiger partial charge in [-0.25, -0.2) is 0 Å². The lowest BCUT2D eigenvalue weighted by molar-refractivity contribution is -0.123. The molecular formula is C20H27N5O. The first-order chi connectivity index (χ1) is 12.8. The summed E-state index contributed by atoms with van der Waals surface area (Å²) < 4.78 is 2.09. The third-order valence-corrected chi connectivity index (χ3v) is 5.83. The fraction of sp³-hybridized carbons (Fsp3) is 0.550. The summed E-state index contributed by atoms with van der Waals surface area (Å²) in [5.41, 5.74) is 1.39. The first-order valence-corrected chi connectivity index (χ1v) is 9.68. The van der Waals surface area contributed by atoms with Gasteiger partial charge in [0, 0.05) is 18.6 Å². The number of aromatic nitrogens is 3. The van der Waals surface area contributed by atoms with Gasteiger partial charge in [-0.2, -0.15) is 0 Å². The maximum atomic E-state index is 12.4. The van der Waals surface area contributed by atoms with Gasteiger partial charge in [-0.05, 0) is 50.1 Å². The second-order valence-electron chi connectivity index (χ2n) is 7.61. The van der Waals surface area contributed by atoms with Crippen LogP contribution in [0.5, 0.6) is 0 Å². The zero-order chi connectivity index (χ0) is 17.8. The Hall–Kier alpha value is -2.21. The van der Waals surface area contributed by atoms with Gasteiger partial charge in [0.25, 0.3) is 0 Å². The van der Waals surface area contributed by atoms with Crippen molar-refractivity contribution in [3.05, 3.63) is 48.5 Å². The lowest BCUT2D eigenvalue weighted by Crippen LogP contribution is -2.43. The highest BCUT2D eigenvalue weighted by Crippen LogP contribution is 2.28. The van der Waals surface area contributed by atoms with Crippen molar-refractivity contribution >= 4 is 5.91 Å². The van der Waals surface area contributed by atoms with Gasteiger partial charge in [0.15, 0.2) is 0 Å². The number of benzene rings is 1. The molecule has 1 aliphatic heterocycles. The van der Waals surface area contributed by atoms with Gasteiger partial charge in [-0.3, -0.25) is 9.69 Å². The summed E-state index contributed by atoms with van der Waals surface area (Å²) in [5, 5.41) is 11.0. The van der Waals surface area contributed by atoms with Crippen molar-refractivity contribution in [2.24, 2.45) is 0 Å². The first kappa shape index (κ1) is 17.2. The van der Waals surface area contributed by atoms with E-state index < -0.39 is 0 Å². The van der Waals surface area contributed by atoms with Gasteiger partial charge in [0.1, 0.15) is 12.7 Å². The number of rotatable bonds is 5. The molecule has 1 unspecified atom stereocenters. The molecule has 1 aromatic heterocycles. The molecular weight excluding hydrogens is 326 g/mol. The van der Waals surface area contributed by atoms with Crippen LogP contribution in [0.4, 0.5) is 0 Å². The molecule has 1 amide bonds. The van der Waals surface area contributed by atoms with E-state index in [1.807, 2.05) is 0 Å².